The van der Waals surface area contributed by atoms with Crippen LogP contribution >= 0.6 is 11.3 Å². The third kappa shape index (κ3) is 2.48. The van der Waals surface area contributed by atoms with Crippen LogP contribution in [-0.2, 0) is 20.9 Å². The standard InChI is InChI=1S/C13H13N3O5S/c17-9(15-13(12(19)20)2-3-21-6-13)5-16-7-14-10-8(11(16)18)1-4-22-10/h1,4,7H,2-3,5-6H2,(H,15,17)(H,19,20). The van der Waals surface area contributed by atoms with Crippen LogP contribution in [0, 0.1) is 0 Å². The van der Waals surface area contributed by atoms with Gasteiger partial charge in [0.15, 0.2) is 5.54 Å². The zero-order valence-corrected chi connectivity index (χ0v) is 12.3. The number of thiophene rings is 1. The first-order valence-electron chi connectivity index (χ1n) is 6.57. The van der Waals surface area contributed by atoms with E-state index in [2.05, 4.69) is 10.3 Å². The van der Waals surface area contributed by atoms with Gasteiger partial charge in [-0.05, 0) is 11.4 Å². The number of fused-ring (bicyclic) bond motifs is 1. The fourth-order valence-corrected chi connectivity index (χ4v) is 3.08. The van der Waals surface area contributed by atoms with Crippen molar-refractivity contribution in [3.8, 4) is 0 Å². The number of aromatic nitrogens is 2. The van der Waals surface area contributed by atoms with Crippen LogP contribution in [0.3, 0.4) is 0 Å². The Morgan fingerprint density at radius 3 is 3.05 bits per heavy atom. The van der Waals surface area contributed by atoms with Crippen molar-refractivity contribution in [2.75, 3.05) is 13.2 Å². The van der Waals surface area contributed by atoms with Crippen LogP contribution in [0.2, 0.25) is 0 Å². The Bertz CT molecular complexity index is 790. The van der Waals surface area contributed by atoms with E-state index in [-0.39, 0.29) is 31.7 Å². The number of aliphatic carboxylic acids is 1. The molecule has 0 aliphatic carbocycles. The third-order valence-electron chi connectivity index (χ3n) is 3.57. The Morgan fingerprint density at radius 1 is 1.55 bits per heavy atom. The maximum Gasteiger partial charge on any atom is 0.331 e. The van der Waals surface area contributed by atoms with Crippen LogP contribution in [0.5, 0.6) is 0 Å². The minimum atomic E-state index is -1.42. The number of hydrogen-bond donors (Lipinski definition) is 2. The molecule has 0 radical (unpaired) electrons. The average molecular weight is 323 g/mol. The lowest BCUT2D eigenvalue weighted by molar-refractivity contribution is -0.147. The Hall–Kier alpha value is -2.26. The second kappa shape index (κ2) is 5.50. The first-order valence-corrected chi connectivity index (χ1v) is 7.45. The van der Waals surface area contributed by atoms with Crippen LogP contribution in [0.25, 0.3) is 10.2 Å². The van der Waals surface area contributed by atoms with E-state index in [1.54, 1.807) is 11.4 Å². The molecule has 1 saturated heterocycles. The zero-order chi connectivity index (χ0) is 15.7. The van der Waals surface area contributed by atoms with E-state index in [0.29, 0.717) is 10.2 Å². The summed E-state index contributed by atoms with van der Waals surface area (Å²) < 4.78 is 6.23. The highest BCUT2D eigenvalue weighted by Gasteiger charge is 2.43. The Labute approximate surface area is 128 Å². The molecule has 3 heterocycles. The van der Waals surface area contributed by atoms with Crippen LogP contribution in [0.1, 0.15) is 6.42 Å². The van der Waals surface area contributed by atoms with Crippen molar-refractivity contribution in [1.82, 2.24) is 14.9 Å². The highest BCUT2D eigenvalue weighted by molar-refractivity contribution is 7.16. The molecule has 1 unspecified atom stereocenters. The lowest BCUT2D eigenvalue weighted by Gasteiger charge is -2.23. The van der Waals surface area contributed by atoms with Gasteiger partial charge in [0.25, 0.3) is 5.56 Å². The highest BCUT2D eigenvalue weighted by Crippen LogP contribution is 2.19. The van der Waals surface area contributed by atoms with E-state index in [4.69, 9.17) is 4.74 Å². The average Bonchev–Trinajstić information content (AvgIpc) is 3.11. The van der Waals surface area contributed by atoms with Gasteiger partial charge < -0.3 is 15.2 Å². The number of carboxylic acid groups (broad SMARTS) is 1. The van der Waals surface area contributed by atoms with Crippen LogP contribution in [0.15, 0.2) is 22.6 Å². The molecule has 2 aromatic rings. The molecule has 2 aromatic heterocycles. The summed E-state index contributed by atoms with van der Waals surface area (Å²) in [5, 5.41) is 13.9. The number of ether oxygens (including phenoxy) is 1. The maximum atomic E-state index is 12.2. The summed E-state index contributed by atoms with van der Waals surface area (Å²) >= 11 is 1.34. The molecule has 0 bridgehead atoms. The molecule has 2 N–H and O–H groups in total. The van der Waals surface area contributed by atoms with Gasteiger partial charge in [-0.15, -0.1) is 11.3 Å². The van der Waals surface area contributed by atoms with Crippen molar-refractivity contribution in [1.29, 1.82) is 0 Å². The number of carbonyl (C=O) groups is 2. The smallest absolute Gasteiger partial charge is 0.331 e. The lowest BCUT2D eigenvalue weighted by atomic mass is 9.99. The van der Waals surface area contributed by atoms with Crippen molar-refractivity contribution in [2.45, 2.75) is 18.5 Å². The summed E-state index contributed by atoms with van der Waals surface area (Å²) in [7, 11) is 0. The first kappa shape index (κ1) is 14.7. The Kier molecular flexibility index (Phi) is 3.67. The summed E-state index contributed by atoms with van der Waals surface area (Å²) in [5.41, 5.74) is -1.74. The molecule has 0 saturated carbocycles. The largest absolute Gasteiger partial charge is 0.479 e. The molecule has 8 nitrogen and oxygen atoms in total. The van der Waals surface area contributed by atoms with E-state index in [9.17, 15) is 19.5 Å². The minimum absolute atomic E-state index is 0.0786. The maximum absolute atomic E-state index is 12.2. The monoisotopic (exact) mass is 323 g/mol. The summed E-state index contributed by atoms with van der Waals surface area (Å²) in [6, 6.07) is 1.65. The molecule has 22 heavy (non-hydrogen) atoms. The van der Waals surface area contributed by atoms with Gasteiger partial charge >= 0.3 is 5.97 Å². The topological polar surface area (TPSA) is 111 Å². The molecule has 1 fully saturated rings. The van der Waals surface area contributed by atoms with Crippen LogP contribution in [0.4, 0.5) is 0 Å². The molecule has 1 aliphatic rings. The SMILES string of the molecule is O=C(Cn1cnc2sccc2c1=O)NC1(C(=O)O)CCOC1. The van der Waals surface area contributed by atoms with Crippen molar-refractivity contribution in [3.05, 3.63) is 28.1 Å². The van der Waals surface area contributed by atoms with Crippen molar-refractivity contribution >= 4 is 33.4 Å². The predicted molar refractivity (Wildman–Crippen MR) is 77.8 cm³/mol. The van der Waals surface area contributed by atoms with Crippen molar-refractivity contribution in [2.24, 2.45) is 0 Å². The summed E-state index contributed by atoms with van der Waals surface area (Å²) in [5.74, 6) is -1.71. The summed E-state index contributed by atoms with van der Waals surface area (Å²) in [6.07, 6.45) is 1.49. The van der Waals surface area contributed by atoms with E-state index < -0.39 is 17.4 Å². The highest BCUT2D eigenvalue weighted by atomic mass is 32.1. The fourth-order valence-electron chi connectivity index (χ4n) is 2.35. The van der Waals surface area contributed by atoms with E-state index >= 15 is 0 Å². The van der Waals surface area contributed by atoms with Gasteiger partial charge in [0.1, 0.15) is 11.4 Å². The number of nitrogens with zero attached hydrogens (tertiary/aromatic N) is 2. The van der Waals surface area contributed by atoms with Crippen LogP contribution in [-0.4, -0.2) is 45.3 Å². The Morgan fingerprint density at radius 2 is 2.36 bits per heavy atom. The number of rotatable bonds is 4. The second-order valence-corrected chi connectivity index (χ2v) is 5.95. The van der Waals surface area contributed by atoms with Crippen LogP contribution < -0.4 is 10.9 Å². The number of carboxylic acids is 1. The normalized spacial score (nSPS) is 21.1. The summed E-state index contributed by atoms with van der Waals surface area (Å²) in [6.45, 7) is -0.0909. The molecule has 1 aliphatic heterocycles. The Balaban J connectivity index is 1.80. The quantitative estimate of drug-likeness (QED) is 0.807. The van der Waals surface area contributed by atoms with Gasteiger partial charge in [0, 0.05) is 13.0 Å². The van der Waals surface area contributed by atoms with Gasteiger partial charge in [-0.3, -0.25) is 14.2 Å². The zero-order valence-electron chi connectivity index (χ0n) is 11.4. The first-order chi connectivity index (χ1) is 10.5. The molecule has 0 aromatic carbocycles. The number of carbonyl (C=O) groups excluding carboxylic acids is 1. The van der Waals surface area contributed by atoms with Crippen molar-refractivity contribution < 1.29 is 19.4 Å². The molecular formula is C13H13N3O5S. The fraction of sp³-hybridized carbons (Fsp3) is 0.385. The predicted octanol–water partition coefficient (Wildman–Crippen LogP) is -0.182. The molecule has 9 heteroatoms. The molecule has 116 valence electrons. The van der Waals surface area contributed by atoms with E-state index in [1.807, 2.05) is 0 Å². The number of nitrogens with one attached hydrogen (secondary N) is 1. The molecule has 1 atom stereocenters. The molecule has 1 amide bonds. The molecule has 0 spiro atoms. The van der Waals surface area contributed by atoms with Gasteiger partial charge in [-0.2, -0.15) is 0 Å². The van der Waals surface area contributed by atoms with Gasteiger partial charge in [-0.1, -0.05) is 0 Å². The van der Waals surface area contributed by atoms with E-state index in [0.717, 1.165) is 4.57 Å². The number of amides is 1. The van der Waals surface area contributed by atoms with E-state index in [1.165, 1.54) is 17.7 Å². The lowest BCUT2D eigenvalue weighted by Crippen LogP contribution is -2.56. The van der Waals surface area contributed by atoms with Crippen molar-refractivity contribution in [3.63, 3.8) is 0 Å². The molecule has 3 rings (SSSR count). The summed E-state index contributed by atoms with van der Waals surface area (Å²) in [4.78, 5) is 40.3. The van der Waals surface area contributed by atoms with Gasteiger partial charge in [0.05, 0.1) is 18.3 Å². The third-order valence-corrected chi connectivity index (χ3v) is 4.39. The van der Waals surface area contributed by atoms with Gasteiger partial charge in [-0.25, -0.2) is 9.78 Å². The molecular weight excluding hydrogens is 310 g/mol. The minimum Gasteiger partial charge on any atom is -0.479 e. The second-order valence-electron chi connectivity index (χ2n) is 5.06. The number of hydrogen-bond acceptors (Lipinski definition) is 6. The van der Waals surface area contributed by atoms with Gasteiger partial charge in [0.2, 0.25) is 5.91 Å².